The van der Waals surface area contributed by atoms with E-state index in [1.807, 2.05) is 0 Å². The van der Waals surface area contributed by atoms with Gasteiger partial charge in [-0.15, -0.1) is 11.3 Å². The number of amides is 2. The number of carboxylic acids is 1. The molecule has 2 heterocycles. The number of hydrogen-bond acceptors (Lipinski definition) is 6. The lowest BCUT2D eigenvalue weighted by Crippen LogP contribution is -2.33. The predicted molar refractivity (Wildman–Crippen MR) is 150 cm³/mol. The lowest BCUT2D eigenvalue weighted by Gasteiger charge is -2.14. The third kappa shape index (κ3) is 7.57. The highest BCUT2D eigenvalue weighted by molar-refractivity contribution is 8.26. The van der Waals surface area contributed by atoms with Gasteiger partial charge < -0.3 is 10.4 Å². The topological polar surface area (TPSA) is 86.7 Å². The van der Waals surface area contributed by atoms with E-state index in [4.69, 9.17) is 17.3 Å². The van der Waals surface area contributed by atoms with Crippen molar-refractivity contribution in [3.63, 3.8) is 0 Å². The predicted octanol–water partition coefficient (Wildman–Crippen LogP) is 7.06. The molecule has 0 unspecified atom stereocenters. The van der Waals surface area contributed by atoms with Crippen molar-refractivity contribution in [2.75, 3.05) is 6.54 Å². The minimum absolute atomic E-state index is 0.0385. The fourth-order valence-corrected chi connectivity index (χ4v) is 6.06. The molecule has 6 nitrogen and oxygen atoms in total. The number of carboxylic acid groups (broad SMARTS) is 1. The molecule has 0 radical (unpaired) electrons. The second-order valence-corrected chi connectivity index (χ2v) is 11.5. The third-order valence-corrected chi connectivity index (χ3v) is 8.17. The number of thiophene rings is 1. The molecular weight excluding hydrogens is 626 g/mol. The van der Waals surface area contributed by atoms with Gasteiger partial charge in [0.05, 0.1) is 21.6 Å². The third-order valence-electron chi connectivity index (χ3n) is 5.91. The highest BCUT2D eigenvalue weighted by Crippen LogP contribution is 2.40. The zero-order chi connectivity index (χ0) is 30.8. The Morgan fingerprint density at radius 1 is 0.976 bits per heavy atom. The fourth-order valence-electron chi connectivity index (χ4n) is 3.84. The molecule has 0 saturated carbocycles. The Kier molecular flexibility index (Phi) is 9.13. The van der Waals surface area contributed by atoms with E-state index in [2.05, 4.69) is 5.32 Å². The molecule has 2 amide bonds. The van der Waals surface area contributed by atoms with Gasteiger partial charge in [0.2, 0.25) is 5.91 Å². The summed E-state index contributed by atoms with van der Waals surface area (Å²) in [6.07, 6.45) is -8.63. The molecule has 15 heteroatoms. The van der Waals surface area contributed by atoms with Gasteiger partial charge in [-0.05, 0) is 64.5 Å². The van der Waals surface area contributed by atoms with E-state index in [0.29, 0.717) is 22.6 Å². The zero-order valence-corrected chi connectivity index (χ0v) is 23.5. The largest absolute Gasteiger partial charge is 0.478 e. The second-order valence-electron chi connectivity index (χ2n) is 8.90. The second kappa shape index (κ2) is 12.3. The van der Waals surface area contributed by atoms with Gasteiger partial charge in [-0.3, -0.25) is 14.5 Å². The van der Waals surface area contributed by atoms with Crippen LogP contribution in [0.4, 0.5) is 26.3 Å². The first-order valence-corrected chi connectivity index (χ1v) is 13.9. The van der Waals surface area contributed by atoms with Crippen LogP contribution in [0.5, 0.6) is 0 Å². The van der Waals surface area contributed by atoms with Crippen LogP contribution in [0.3, 0.4) is 0 Å². The van der Waals surface area contributed by atoms with Crippen molar-refractivity contribution in [3.8, 4) is 11.1 Å². The van der Waals surface area contributed by atoms with E-state index in [1.54, 1.807) is 12.1 Å². The molecule has 1 aliphatic rings. The van der Waals surface area contributed by atoms with Gasteiger partial charge in [-0.2, -0.15) is 26.3 Å². The SMILES string of the molecule is O=C(CCN1C(=O)/C(=C/c2cc(-c3cc(C(F)(F)F)cc(C(F)(F)F)c3)cs2)SC1=S)NCc1cccc(C(=O)O)c1. The number of halogens is 6. The van der Waals surface area contributed by atoms with Gasteiger partial charge >= 0.3 is 18.3 Å². The molecule has 1 fully saturated rings. The molecule has 2 aromatic carbocycles. The Labute approximate surface area is 248 Å². The van der Waals surface area contributed by atoms with E-state index in [1.165, 1.54) is 34.6 Å². The van der Waals surface area contributed by atoms with Crippen molar-refractivity contribution >= 4 is 63.5 Å². The number of thiocarbonyl (C=S) groups is 1. The van der Waals surface area contributed by atoms with Crippen LogP contribution in [-0.2, 0) is 28.5 Å². The highest BCUT2D eigenvalue weighted by atomic mass is 32.2. The number of nitrogens with one attached hydrogen (secondary N) is 1. The number of rotatable bonds is 8. The number of carbonyl (C=O) groups is 3. The molecule has 220 valence electrons. The maximum atomic E-state index is 13.2. The van der Waals surface area contributed by atoms with Crippen LogP contribution in [0.1, 0.15) is 38.3 Å². The van der Waals surface area contributed by atoms with Crippen molar-refractivity contribution in [1.82, 2.24) is 10.2 Å². The Balaban J connectivity index is 1.42. The van der Waals surface area contributed by atoms with Crippen LogP contribution in [-0.4, -0.2) is 38.7 Å². The Hall–Kier alpha value is -3.69. The van der Waals surface area contributed by atoms with Crippen molar-refractivity contribution in [2.24, 2.45) is 0 Å². The lowest BCUT2D eigenvalue weighted by molar-refractivity contribution is -0.143. The van der Waals surface area contributed by atoms with Gasteiger partial charge in [0.15, 0.2) is 0 Å². The monoisotopic (exact) mass is 644 g/mol. The van der Waals surface area contributed by atoms with Gasteiger partial charge in [-0.25, -0.2) is 4.79 Å². The summed E-state index contributed by atoms with van der Waals surface area (Å²) in [4.78, 5) is 38.1. The number of nitrogens with zero attached hydrogens (tertiary/aromatic N) is 1. The van der Waals surface area contributed by atoms with Crippen LogP contribution < -0.4 is 5.32 Å². The number of thioether (sulfide) groups is 1. The van der Waals surface area contributed by atoms with Crippen LogP contribution in [0.2, 0.25) is 0 Å². The normalized spacial score (nSPS) is 15.0. The molecule has 1 saturated heterocycles. The van der Waals surface area contributed by atoms with Crippen molar-refractivity contribution in [2.45, 2.75) is 25.3 Å². The van der Waals surface area contributed by atoms with E-state index >= 15 is 0 Å². The summed E-state index contributed by atoms with van der Waals surface area (Å²) in [7, 11) is 0. The summed E-state index contributed by atoms with van der Waals surface area (Å²) in [5.74, 6) is -2.01. The van der Waals surface area contributed by atoms with Gasteiger partial charge in [0, 0.05) is 24.4 Å². The van der Waals surface area contributed by atoms with Crippen LogP contribution in [0.25, 0.3) is 17.2 Å². The van der Waals surface area contributed by atoms with Crippen LogP contribution >= 0.6 is 35.3 Å². The number of hydrogen-bond donors (Lipinski definition) is 2. The number of carbonyl (C=O) groups excluding carboxylic acids is 2. The molecule has 0 bridgehead atoms. The molecule has 1 aliphatic heterocycles. The maximum absolute atomic E-state index is 13.2. The Morgan fingerprint density at radius 2 is 1.64 bits per heavy atom. The molecule has 1 aromatic heterocycles. The van der Waals surface area contributed by atoms with Crippen LogP contribution in [0.15, 0.2) is 58.8 Å². The standard InChI is InChI=1S/C27H18F6N2O4S3/c28-26(29,30)18-7-16(8-19(10-18)27(31,32)33)17-9-20(41-13-17)11-21-23(37)35(25(40)42-21)5-4-22(36)34-12-14-2-1-3-15(6-14)24(38)39/h1-3,6-11,13H,4-5,12H2,(H,34,36)(H,38,39)/b21-11-. The number of aromatic carboxylic acids is 1. The van der Waals surface area contributed by atoms with Crippen LogP contribution in [0, 0.1) is 0 Å². The average molecular weight is 645 g/mol. The average Bonchev–Trinajstić information content (AvgIpc) is 3.49. The van der Waals surface area contributed by atoms with Gasteiger partial charge in [-0.1, -0.05) is 36.1 Å². The number of benzene rings is 2. The first-order valence-electron chi connectivity index (χ1n) is 11.8. The van der Waals surface area contributed by atoms with E-state index in [0.717, 1.165) is 23.1 Å². The minimum Gasteiger partial charge on any atom is -0.478 e. The minimum atomic E-state index is -4.98. The lowest BCUT2D eigenvalue weighted by atomic mass is 10.0. The van der Waals surface area contributed by atoms with Crippen molar-refractivity contribution in [1.29, 1.82) is 0 Å². The first kappa shape index (κ1) is 31.3. The number of alkyl halides is 6. The summed E-state index contributed by atoms with van der Waals surface area (Å²) in [6.45, 7) is 0.0401. The quantitative estimate of drug-likeness (QED) is 0.155. The molecule has 42 heavy (non-hydrogen) atoms. The zero-order valence-electron chi connectivity index (χ0n) is 21.0. The molecule has 0 atom stereocenters. The molecule has 0 spiro atoms. The maximum Gasteiger partial charge on any atom is 0.416 e. The van der Waals surface area contributed by atoms with Crippen molar-refractivity contribution < 1.29 is 45.8 Å². The first-order chi connectivity index (χ1) is 19.6. The molecular formula is C27H18F6N2O4S3. The Bertz CT molecular complexity index is 1560. The smallest absolute Gasteiger partial charge is 0.416 e. The molecule has 2 N–H and O–H groups in total. The van der Waals surface area contributed by atoms with Crippen molar-refractivity contribution in [3.05, 3.63) is 85.9 Å². The fraction of sp³-hybridized carbons (Fsp3) is 0.185. The summed E-state index contributed by atoms with van der Waals surface area (Å²) >= 11 is 7.22. The van der Waals surface area contributed by atoms with Gasteiger partial charge in [0.25, 0.3) is 5.91 Å². The van der Waals surface area contributed by atoms with Gasteiger partial charge in [0.1, 0.15) is 4.32 Å². The Morgan fingerprint density at radius 3 is 2.26 bits per heavy atom. The highest BCUT2D eigenvalue weighted by Gasteiger charge is 2.37. The summed E-state index contributed by atoms with van der Waals surface area (Å²) < 4.78 is 79.6. The molecule has 0 aliphatic carbocycles. The van der Waals surface area contributed by atoms with E-state index in [-0.39, 0.29) is 51.5 Å². The van der Waals surface area contributed by atoms with E-state index in [9.17, 15) is 40.7 Å². The molecule has 3 aromatic rings. The summed E-state index contributed by atoms with van der Waals surface area (Å²) in [5.41, 5.74) is -2.38. The van der Waals surface area contributed by atoms with E-state index < -0.39 is 41.3 Å². The molecule has 4 rings (SSSR count). The summed E-state index contributed by atoms with van der Waals surface area (Å²) in [5, 5.41) is 13.1. The summed E-state index contributed by atoms with van der Waals surface area (Å²) in [6, 6.07) is 8.74.